The first-order valence-electron chi connectivity index (χ1n) is 18.1. The fourth-order valence-corrected chi connectivity index (χ4v) is 8.79. The number of ether oxygens (including phenoxy) is 3. The van der Waals surface area contributed by atoms with Gasteiger partial charge in [-0.05, 0) is 61.9 Å². The van der Waals surface area contributed by atoms with Gasteiger partial charge in [0.2, 0.25) is 0 Å². The van der Waals surface area contributed by atoms with Crippen molar-refractivity contribution in [3.05, 3.63) is 12.2 Å². The van der Waals surface area contributed by atoms with Crippen LogP contribution in [0.1, 0.15) is 108 Å². The molecule has 0 radical (unpaired) electrons. The van der Waals surface area contributed by atoms with E-state index in [0.29, 0.717) is 12.3 Å². The van der Waals surface area contributed by atoms with Gasteiger partial charge in [-0.1, -0.05) is 106 Å². The van der Waals surface area contributed by atoms with Crippen molar-refractivity contribution in [2.45, 2.75) is 175 Å². The molecule has 2 fully saturated rings. The third-order valence-corrected chi connectivity index (χ3v) is 20.4. The highest BCUT2D eigenvalue weighted by molar-refractivity contribution is 6.74. The Morgan fingerprint density at radius 1 is 0.870 bits per heavy atom. The van der Waals surface area contributed by atoms with Gasteiger partial charge >= 0.3 is 0 Å². The molecule has 2 rings (SSSR count). The van der Waals surface area contributed by atoms with E-state index < -0.39 is 22.7 Å². The van der Waals surface area contributed by atoms with Crippen LogP contribution in [-0.4, -0.2) is 66.3 Å². The van der Waals surface area contributed by atoms with Gasteiger partial charge in [-0.25, -0.2) is 0 Å². The fourth-order valence-electron chi connectivity index (χ4n) is 6.12. The molecule has 0 amide bonds. The third-order valence-electron chi connectivity index (χ3n) is 11.5. The lowest BCUT2D eigenvalue weighted by atomic mass is 9.84. The second kappa shape index (κ2) is 17.4. The zero-order valence-corrected chi connectivity index (χ0v) is 34.4. The van der Waals surface area contributed by atoms with Crippen LogP contribution in [0.25, 0.3) is 0 Å². The molecule has 1 heterocycles. The van der Waals surface area contributed by atoms with Gasteiger partial charge in [0.25, 0.3) is 0 Å². The van der Waals surface area contributed by atoms with Crippen LogP contribution in [0.5, 0.6) is 0 Å². The van der Waals surface area contributed by atoms with Crippen molar-refractivity contribution in [2.75, 3.05) is 13.9 Å². The molecule has 1 saturated heterocycles. The molecule has 0 spiro atoms. The summed E-state index contributed by atoms with van der Waals surface area (Å²) in [6, 6.07) is 0. The lowest BCUT2D eigenvalue weighted by molar-refractivity contribution is -0.235. The average molecular weight is 681 g/mol. The summed E-state index contributed by atoms with van der Waals surface area (Å²) < 4.78 is 32.2. The first kappa shape index (κ1) is 41.7. The van der Waals surface area contributed by atoms with Crippen molar-refractivity contribution in [2.24, 2.45) is 29.6 Å². The molecule has 1 aliphatic carbocycles. The Morgan fingerprint density at radius 2 is 1.43 bits per heavy atom. The Morgan fingerprint density at radius 3 is 1.98 bits per heavy atom. The first-order chi connectivity index (χ1) is 21.1. The van der Waals surface area contributed by atoms with E-state index in [1.54, 1.807) is 7.11 Å². The number of methoxy groups -OCH3 is 1. The molecule has 268 valence electrons. The highest BCUT2D eigenvalue weighted by atomic mass is 28.4. The average Bonchev–Trinajstić information content (AvgIpc) is 2.95. The van der Waals surface area contributed by atoms with Gasteiger partial charge in [0.1, 0.15) is 12.9 Å². The molecule has 46 heavy (non-hydrogen) atoms. The Kier molecular flexibility index (Phi) is 15.8. The van der Waals surface area contributed by atoms with Gasteiger partial charge < -0.3 is 28.2 Å². The van der Waals surface area contributed by atoms with Gasteiger partial charge in [-0.3, -0.25) is 0 Å². The maximum absolute atomic E-state index is 11.3. The zero-order valence-electron chi connectivity index (χ0n) is 32.4. The maximum atomic E-state index is 11.3. The lowest BCUT2D eigenvalue weighted by Crippen LogP contribution is -2.58. The normalized spacial score (nSPS) is 28.4. The number of hydrogen-bond donors (Lipinski definition) is 1. The van der Waals surface area contributed by atoms with Crippen LogP contribution in [0.3, 0.4) is 0 Å². The topological polar surface area (TPSA) is 66.4 Å². The van der Waals surface area contributed by atoms with Crippen molar-refractivity contribution in [1.82, 2.24) is 0 Å². The molecule has 0 aromatic heterocycles. The summed E-state index contributed by atoms with van der Waals surface area (Å²) in [4.78, 5) is 0. The van der Waals surface area contributed by atoms with Crippen molar-refractivity contribution in [3.63, 3.8) is 0 Å². The predicted octanol–water partition coefficient (Wildman–Crippen LogP) is 9.55. The van der Waals surface area contributed by atoms with Crippen molar-refractivity contribution < 1.29 is 28.2 Å². The molecule has 0 aromatic carbocycles. The standard InChI is InChI=1S/C38H72O6Si2/c1-27(21-23-31-19-17-16-18-20-31)34(41-26-40-11)28(2)22-24-32(39)25-33-29(3)35(43-45(12,13)37(5,6)7)30(4)36(42-33)44-46(14,15)38(8,9)10/h21,23,27-36,39H,16-20,25-26H2,1-15H3/b23-21+/t27-,28-,29-,30+,32+,33-,34+,35-,36-/m0/s1. The van der Waals surface area contributed by atoms with Crippen LogP contribution in [0.4, 0.5) is 0 Å². The summed E-state index contributed by atoms with van der Waals surface area (Å²) in [5.74, 6) is 7.43. The Bertz CT molecular complexity index is 997. The minimum absolute atomic E-state index is 0.0304. The van der Waals surface area contributed by atoms with Gasteiger partial charge in [0.05, 0.1) is 18.3 Å². The number of aliphatic hydroxyl groups excluding tert-OH is 1. The van der Waals surface area contributed by atoms with E-state index in [4.69, 9.17) is 23.1 Å². The van der Waals surface area contributed by atoms with Crippen molar-refractivity contribution >= 4 is 16.6 Å². The van der Waals surface area contributed by atoms with Crippen LogP contribution >= 0.6 is 0 Å². The summed E-state index contributed by atoms with van der Waals surface area (Å²) in [5, 5.41) is 11.4. The quantitative estimate of drug-likeness (QED) is 0.0905. The largest absolute Gasteiger partial charge is 0.413 e. The number of rotatable bonds is 13. The van der Waals surface area contributed by atoms with Crippen LogP contribution in [-0.2, 0) is 23.1 Å². The minimum Gasteiger partial charge on any atom is -0.413 e. The Labute approximate surface area is 286 Å². The van der Waals surface area contributed by atoms with E-state index in [9.17, 15) is 5.11 Å². The van der Waals surface area contributed by atoms with Gasteiger partial charge in [-0.2, -0.15) is 0 Å². The molecule has 6 nitrogen and oxygen atoms in total. The molecule has 1 saturated carbocycles. The summed E-state index contributed by atoms with van der Waals surface area (Å²) in [5.41, 5.74) is 0. The molecule has 8 heteroatoms. The van der Waals surface area contributed by atoms with Gasteiger partial charge in [0.15, 0.2) is 22.9 Å². The van der Waals surface area contributed by atoms with E-state index in [1.807, 2.05) is 0 Å². The summed E-state index contributed by atoms with van der Waals surface area (Å²) >= 11 is 0. The molecule has 2 aliphatic rings. The van der Waals surface area contributed by atoms with E-state index in [-0.39, 0.29) is 65.1 Å². The van der Waals surface area contributed by atoms with Crippen molar-refractivity contribution in [1.29, 1.82) is 0 Å². The highest BCUT2D eigenvalue weighted by Crippen LogP contribution is 2.45. The molecule has 0 bridgehead atoms. The highest BCUT2D eigenvalue weighted by Gasteiger charge is 2.50. The lowest BCUT2D eigenvalue weighted by Gasteiger charge is -2.51. The molecule has 1 aliphatic heterocycles. The van der Waals surface area contributed by atoms with Crippen LogP contribution in [0.15, 0.2) is 12.2 Å². The minimum atomic E-state index is -2.12. The van der Waals surface area contributed by atoms with Gasteiger partial charge in [0, 0.05) is 37.2 Å². The summed E-state index contributed by atoms with van der Waals surface area (Å²) in [6.07, 6.45) is 10.0. The Hall–Kier alpha value is -0.506. The summed E-state index contributed by atoms with van der Waals surface area (Å²) in [7, 11) is -2.55. The molecular formula is C38H72O6Si2. The zero-order chi connectivity index (χ0) is 35.1. The monoisotopic (exact) mass is 680 g/mol. The molecule has 1 N–H and O–H groups in total. The number of aliphatic hydroxyl groups is 1. The maximum Gasteiger partial charge on any atom is 0.195 e. The first-order valence-corrected chi connectivity index (χ1v) is 23.9. The second-order valence-electron chi connectivity index (χ2n) is 17.5. The number of hydrogen-bond acceptors (Lipinski definition) is 6. The molecule has 9 atom stereocenters. The molecule has 0 aromatic rings. The SMILES string of the molecule is COCO[C@@H]([C@@H](C)C#C[C@@H](O)C[C@@H]1O[C@@H](O[Si](C)(C)C(C)(C)C)[C@H](C)[C@@H](O[Si](C)(C)C(C)(C)C)[C@H]1C)[C@@H](C)/C=C/C1CCCCC1. The summed E-state index contributed by atoms with van der Waals surface area (Å²) in [6.45, 7) is 31.7. The smallest absolute Gasteiger partial charge is 0.195 e. The Balaban J connectivity index is 2.25. The van der Waals surface area contributed by atoms with Gasteiger partial charge in [-0.15, -0.1) is 0 Å². The van der Waals surface area contributed by atoms with E-state index in [0.717, 1.165) is 0 Å². The second-order valence-corrected chi connectivity index (χ2v) is 27.0. The van der Waals surface area contributed by atoms with Crippen molar-refractivity contribution in [3.8, 4) is 11.8 Å². The molecule has 0 unspecified atom stereocenters. The van der Waals surface area contributed by atoms with Crippen LogP contribution in [0.2, 0.25) is 36.3 Å². The third kappa shape index (κ3) is 11.8. The fraction of sp³-hybridized carbons (Fsp3) is 0.895. The van der Waals surface area contributed by atoms with Crippen LogP contribution < -0.4 is 0 Å². The van der Waals surface area contributed by atoms with E-state index in [2.05, 4.69) is 119 Å². The van der Waals surface area contributed by atoms with E-state index in [1.165, 1.54) is 32.1 Å². The molecular weight excluding hydrogens is 609 g/mol. The van der Waals surface area contributed by atoms with Crippen LogP contribution in [0, 0.1) is 41.4 Å². The van der Waals surface area contributed by atoms with E-state index >= 15 is 0 Å². The number of allylic oxidation sites excluding steroid dienone is 1. The predicted molar refractivity (Wildman–Crippen MR) is 197 cm³/mol.